The summed E-state index contributed by atoms with van der Waals surface area (Å²) in [6.07, 6.45) is 1.43. The van der Waals surface area contributed by atoms with Gasteiger partial charge in [0.15, 0.2) is 11.5 Å². The molecule has 3 N–H and O–H groups in total. The van der Waals surface area contributed by atoms with E-state index in [1.54, 1.807) is 12.1 Å². The topological polar surface area (TPSA) is 90.9 Å². The molecule has 0 fully saturated rings. The van der Waals surface area contributed by atoms with Gasteiger partial charge in [-0.3, -0.25) is 9.89 Å². The molecule has 6 heteroatoms. The number of anilines is 1. The van der Waals surface area contributed by atoms with Gasteiger partial charge >= 0.3 is 0 Å². The molecule has 6 nitrogen and oxygen atoms in total. The normalized spacial score (nSPS) is 10.1. The Hall–Kier alpha value is -2.37. The second kappa shape index (κ2) is 4.01. The van der Waals surface area contributed by atoms with Gasteiger partial charge in [-0.2, -0.15) is 5.10 Å². The molecule has 2 aromatic heterocycles. The van der Waals surface area contributed by atoms with Crippen LogP contribution < -0.4 is 5.32 Å². The number of carbonyl (C=O) groups excluding carboxylic acids is 1. The number of hydrogen-bond donors (Lipinski definition) is 3. The minimum absolute atomic E-state index is 0.0249. The number of aromatic hydroxyl groups is 1. The monoisotopic (exact) mass is 218 g/mol. The molecule has 0 spiro atoms. The molecular formula is C10H10N4O2. The molecule has 0 aliphatic heterocycles. The average Bonchev–Trinajstić information content (AvgIpc) is 2.64. The molecule has 0 aliphatic rings. The highest BCUT2D eigenvalue weighted by atomic mass is 16.3. The van der Waals surface area contributed by atoms with Crippen molar-refractivity contribution in [2.24, 2.45) is 0 Å². The number of hydrogen-bond acceptors (Lipinski definition) is 4. The lowest BCUT2D eigenvalue weighted by Gasteiger charge is -2.02. The van der Waals surface area contributed by atoms with E-state index in [0.717, 1.165) is 5.69 Å². The third-order valence-electron chi connectivity index (χ3n) is 1.95. The molecule has 2 heterocycles. The number of carbonyl (C=O) groups is 1. The Labute approximate surface area is 91.3 Å². The maximum absolute atomic E-state index is 11.7. The van der Waals surface area contributed by atoms with Gasteiger partial charge in [-0.15, -0.1) is 0 Å². The Morgan fingerprint density at radius 3 is 3.00 bits per heavy atom. The third-order valence-corrected chi connectivity index (χ3v) is 1.95. The Balaban J connectivity index is 2.18. The quantitative estimate of drug-likeness (QED) is 0.703. The first-order chi connectivity index (χ1) is 7.66. The zero-order valence-electron chi connectivity index (χ0n) is 8.56. The standard InChI is InChI=1S/C10H10N4O2/c1-6-5-8(14-13-6)12-10(16)9-7(15)3-2-4-11-9/h2-5,15H,1H3,(H2,12,13,14,16). The van der Waals surface area contributed by atoms with Crippen molar-refractivity contribution in [3.63, 3.8) is 0 Å². The van der Waals surface area contributed by atoms with Crippen molar-refractivity contribution in [1.82, 2.24) is 15.2 Å². The number of nitrogens with one attached hydrogen (secondary N) is 2. The fourth-order valence-electron chi connectivity index (χ4n) is 1.23. The van der Waals surface area contributed by atoms with Gasteiger partial charge in [0.1, 0.15) is 5.75 Å². The van der Waals surface area contributed by atoms with Crippen LogP contribution in [0.5, 0.6) is 5.75 Å². The molecule has 0 radical (unpaired) electrons. The Kier molecular flexibility index (Phi) is 2.55. The molecule has 0 atom stereocenters. The lowest BCUT2D eigenvalue weighted by molar-refractivity contribution is 0.101. The van der Waals surface area contributed by atoms with Crippen LogP contribution in [0.4, 0.5) is 5.82 Å². The fraction of sp³-hybridized carbons (Fsp3) is 0.100. The van der Waals surface area contributed by atoms with Crippen molar-refractivity contribution in [2.45, 2.75) is 6.92 Å². The van der Waals surface area contributed by atoms with Crippen LogP contribution in [0.1, 0.15) is 16.2 Å². The number of aryl methyl sites for hydroxylation is 1. The predicted octanol–water partition coefficient (Wildman–Crippen LogP) is 1.07. The maximum atomic E-state index is 11.7. The van der Waals surface area contributed by atoms with Crippen LogP contribution >= 0.6 is 0 Å². The molecule has 16 heavy (non-hydrogen) atoms. The first-order valence-corrected chi connectivity index (χ1v) is 4.64. The summed E-state index contributed by atoms with van der Waals surface area (Å²) in [6.45, 7) is 1.82. The van der Waals surface area contributed by atoms with Crippen LogP contribution in [0.2, 0.25) is 0 Å². The van der Waals surface area contributed by atoms with E-state index in [2.05, 4.69) is 20.5 Å². The number of nitrogens with zero attached hydrogens (tertiary/aromatic N) is 2. The van der Waals surface area contributed by atoms with Crippen molar-refractivity contribution in [3.8, 4) is 5.75 Å². The van der Waals surface area contributed by atoms with E-state index in [4.69, 9.17) is 0 Å². The number of aromatic amines is 1. The lowest BCUT2D eigenvalue weighted by Crippen LogP contribution is -2.13. The zero-order chi connectivity index (χ0) is 11.5. The number of rotatable bonds is 2. The highest BCUT2D eigenvalue weighted by Crippen LogP contribution is 2.14. The second-order valence-electron chi connectivity index (χ2n) is 3.26. The predicted molar refractivity (Wildman–Crippen MR) is 57.2 cm³/mol. The summed E-state index contributed by atoms with van der Waals surface area (Å²) >= 11 is 0. The first kappa shape index (κ1) is 10.2. The highest BCUT2D eigenvalue weighted by Gasteiger charge is 2.13. The third kappa shape index (κ3) is 2.00. The van der Waals surface area contributed by atoms with Crippen LogP contribution in [0.15, 0.2) is 24.4 Å². The van der Waals surface area contributed by atoms with Crippen LogP contribution in [0, 0.1) is 6.92 Å². The van der Waals surface area contributed by atoms with Crippen LogP contribution in [-0.2, 0) is 0 Å². The molecule has 0 bridgehead atoms. The van der Waals surface area contributed by atoms with Crippen molar-refractivity contribution < 1.29 is 9.90 Å². The number of pyridine rings is 1. The van der Waals surface area contributed by atoms with Gasteiger partial charge in [0.2, 0.25) is 0 Å². The molecule has 82 valence electrons. The largest absolute Gasteiger partial charge is 0.505 e. The van der Waals surface area contributed by atoms with E-state index in [1.807, 2.05) is 6.92 Å². The Morgan fingerprint density at radius 1 is 1.56 bits per heavy atom. The van der Waals surface area contributed by atoms with Crippen LogP contribution in [0.25, 0.3) is 0 Å². The summed E-state index contributed by atoms with van der Waals surface area (Å²) < 4.78 is 0. The average molecular weight is 218 g/mol. The summed E-state index contributed by atoms with van der Waals surface area (Å²) in [6, 6.07) is 4.63. The Morgan fingerprint density at radius 2 is 2.38 bits per heavy atom. The highest BCUT2D eigenvalue weighted by molar-refractivity contribution is 6.04. The van der Waals surface area contributed by atoms with E-state index in [1.165, 1.54) is 12.3 Å². The number of H-pyrrole nitrogens is 1. The molecule has 0 aliphatic carbocycles. The van der Waals surface area contributed by atoms with Crippen molar-refractivity contribution in [1.29, 1.82) is 0 Å². The van der Waals surface area contributed by atoms with Crippen LogP contribution in [0.3, 0.4) is 0 Å². The van der Waals surface area contributed by atoms with Crippen molar-refractivity contribution in [3.05, 3.63) is 35.8 Å². The second-order valence-corrected chi connectivity index (χ2v) is 3.26. The molecule has 0 aromatic carbocycles. The zero-order valence-corrected chi connectivity index (χ0v) is 8.56. The van der Waals surface area contributed by atoms with Gasteiger partial charge < -0.3 is 10.4 Å². The van der Waals surface area contributed by atoms with Gasteiger partial charge in [-0.1, -0.05) is 0 Å². The Bertz CT molecular complexity index is 521. The summed E-state index contributed by atoms with van der Waals surface area (Å²) in [4.78, 5) is 15.4. The van der Waals surface area contributed by atoms with E-state index < -0.39 is 5.91 Å². The van der Waals surface area contributed by atoms with Crippen molar-refractivity contribution in [2.75, 3.05) is 5.32 Å². The van der Waals surface area contributed by atoms with E-state index in [0.29, 0.717) is 5.82 Å². The lowest BCUT2D eigenvalue weighted by atomic mass is 10.3. The van der Waals surface area contributed by atoms with E-state index >= 15 is 0 Å². The molecule has 0 saturated carbocycles. The van der Waals surface area contributed by atoms with E-state index in [-0.39, 0.29) is 11.4 Å². The van der Waals surface area contributed by atoms with Crippen molar-refractivity contribution >= 4 is 11.7 Å². The van der Waals surface area contributed by atoms with Gasteiger partial charge in [-0.25, -0.2) is 4.98 Å². The molecule has 0 unspecified atom stereocenters. The molecular weight excluding hydrogens is 208 g/mol. The molecule has 2 rings (SSSR count). The SMILES string of the molecule is Cc1cc(NC(=O)c2ncccc2O)n[nH]1. The number of aromatic nitrogens is 3. The minimum Gasteiger partial charge on any atom is -0.505 e. The minimum atomic E-state index is -0.496. The summed E-state index contributed by atoms with van der Waals surface area (Å²) in [5.74, 6) is -0.260. The summed E-state index contributed by atoms with van der Waals surface area (Å²) in [7, 11) is 0. The first-order valence-electron chi connectivity index (χ1n) is 4.64. The number of amides is 1. The van der Waals surface area contributed by atoms with Crippen LogP contribution in [-0.4, -0.2) is 26.2 Å². The molecule has 1 amide bonds. The summed E-state index contributed by atoms with van der Waals surface area (Å²) in [5, 5.41) is 18.5. The maximum Gasteiger partial charge on any atom is 0.279 e. The van der Waals surface area contributed by atoms with Gasteiger partial charge in [0, 0.05) is 18.0 Å². The molecule has 2 aromatic rings. The van der Waals surface area contributed by atoms with E-state index in [9.17, 15) is 9.90 Å². The molecule has 0 saturated heterocycles. The van der Waals surface area contributed by atoms with Gasteiger partial charge in [0.05, 0.1) is 0 Å². The smallest absolute Gasteiger partial charge is 0.279 e. The van der Waals surface area contributed by atoms with Gasteiger partial charge in [-0.05, 0) is 19.1 Å². The summed E-state index contributed by atoms with van der Waals surface area (Å²) in [5.41, 5.74) is 0.809. The van der Waals surface area contributed by atoms with Gasteiger partial charge in [0.25, 0.3) is 5.91 Å². The fourth-order valence-corrected chi connectivity index (χ4v) is 1.23.